The fourth-order valence-electron chi connectivity index (χ4n) is 3.21. The second-order valence-corrected chi connectivity index (χ2v) is 7.47. The summed E-state index contributed by atoms with van der Waals surface area (Å²) in [5.41, 5.74) is 3.29. The minimum Gasteiger partial charge on any atom is -0.496 e. The molecule has 0 saturated heterocycles. The first kappa shape index (κ1) is 20.8. The van der Waals surface area contributed by atoms with E-state index in [9.17, 15) is 4.79 Å². The highest BCUT2D eigenvalue weighted by Crippen LogP contribution is 2.33. The van der Waals surface area contributed by atoms with Gasteiger partial charge in [0.15, 0.2) is 17.3 Å². The Morgan fingerprint density at radius 2 is 1.84 bits per heavy atom. The summed E-state index contributed by atoms with van der Waals surface area (Å²) in [6.45, 7) is 2.43. The second-order valence-electron chi connectivity index (χ2n) is 7.06. The summed E-state index contributed by atoms with van der Waals surface area (Å²) in [5, 5.41) is 0.560. The third-order valence-corrected chi connectivity index (χ3v) is 5.15. The van der Waals surface area contributed by atoms with Gasteiger partial charge in [-0.2, -0.15) is 0 Å². The van der Waals surface area contributed by atoms with Gasteiger partial charge in [0.25, 0.3) is 0 Å². The maximum absolute atomic E-state index is 12.6. The average Bonchev–Trinajstić information content (AvgIpc) is 3.25. The Labute approximate surface area is 185 Å². The number of halogens is 1. The summed E-state index contributed by atoms with van der Waals surface area (Å²) in [7, 11) is 1.61. The van der Waals surface area contributed by atoms with E-state index >= 15 is 0 Å². The summed E-state index contributed by atoms with van der Waals surface area (Å²) in [4.78, 5) is 12.6. The summed E-state index contributed by atoms with van der Waals surface area (Å²) in [6.07, 6.45) is 3.29. The average molecular weight is 437 g/mol. The molecule has 0 fully saturated rings. The van der Waals surface area contributed by atoms with Crippen molar-refractivity contribution in [3.05, 3.63) is 87.9 Å². The number of aryl methyl sites for hydroxylation is 1. The zero-order valence-corrected chi connectivity index (χ0v) is 17.9. The van der Waals surface area contributed by atoms with E-state index in [1.807, 2.05) is 43.3 Å². The molecule has 6 heteroatoms. The van der Waals surface area contributed by atoms with Crippen LogP contribution < -0.4 is 18.9 Å². The van der Waals surface area contributed by atoms with Crippen LogP contribution in [0.1, 0.15) is 27.0 Å². The Bertz CT molecular complexity index is 1150. The van der Waals surface area contributed by atoms with Gasteiger partial charge in [-0.3, -0.25) is 4.79 Å². The second kappa shape index (κ2) is 9.14. The predicted molar refractivity (Wildman–Crippen MR) is 119 cm³/mol. The number of ketones is 1. The van der Waals surface area contributed by atoms with Gasteiger partial charge in [-0.05, 0) is 66.6 Å². The quantitative estimate of drug-likeness (QED) is 0.343. The Morgan fingerprint density at radius 1 is 1.03 bits per heavy atom. The molecule has 1 aliphatic heterocycles. The Hall–Kier alpha value is -3.44. The molecule has 1 aliphatic rings. The van der Waals surface area contributed by atoms with Gasteiger partial charge in [-0.25, -0.2) is 0 Å². The lowest BCUT2D eigenvalue weighted by Gasteiger charge is -2.12. The number of benzene rings is 3. The summed E-state index contributed by atoms with van der Waals surface area (Å²) < 4.78 is 21.9. The van der Waals surface area contributed by atoms with E-state index in [-0.39, 0.29) is 19.2 Å². The first-order valence-electron chi connectivity index (χ1n) is 9.71. The van der Waals surface area contributed by atoms with E-state index in [1.165, 1.54) is 6.08 Å². The minimum absolute atomic E-state index is 0.127. The number of hydrogen-bond donors (Lipinski definition) is 0. The zero-order valence-electron chi connectivity index (χ0n) is 17.2. The Balaban J connectivity index is 1.49. The largest absolute Gasteiger partial charge is 0.496 e. The standard InChI is InChI=1S/C25H21ClO5/c1-16-3-8-23(20(26)11-16)29-14-19-12-17(5-9-22(19)28-2)4-7-21(27)18-6-10-24-25(13-18)31-15-30-24/h3-13H,14-15H2,1-2H3/b7-4+. The molecule has 0 spiro atoms. The van der Waals surface area contributed by atoms with Gasteiger partial charge in [0.05, 0.1) is 12.1 Å². The molecular weight excluding hydrogens is 416 g/mol. The SMILES string of the molecule is COc1ccc(/C=C/C(=O)c2ccc3c(c2)OCO3)cc1COc1ccc(C)cc1Cl. The maximum atomic E-state index is 12.6. The molecule has 0 aliphatic carbocycles. The molecule has 0 saturated carbocycles. The van der Waals surface area contributed by atoms with Crippen LogP contribution in [0.4, 0.5) is 0 Å². The molecule has 5 nitrogen and oxygen atoms in total. The Morgan fingerprint density at radius 3 is 2.65 bits per heavy atom. The van der Waals surface area contributed by atoms with E-state index in [4.69, 9.17) is 30.5 Å². The number of carbonyl (C=O) groups is 1. The van der Waals surface area contributed by atoms with Crippen LogP contribution in [0.2, 0.25) is 5.02 Å². The van der Waals surface area contributed by atoms with E-state index in [0.29, 0.717) is 33.6 Å². The topological polar surface area (TPSA) is 54.0 Å². The predicted octanol–water partition coefficient (Wildman–Crippen LogP) is 5.86. The molecule has 0 unspecified atom stereocenters. The van der Waals surface area contributed by atoms with Crippen LogP contribution in [0.3, 0.4) is 0 Å². The highest BCUT2D eigenvalue weighted by atomic mass is 35.5. The van der Waals surface area contributed by atoms with Gasteiger partial charge < -0.3 is 18.9 Å². The van der Waals surface area contributed by atoms with Gasteiger partial charge in [0, 0.05) is 11.1 Å². The van der Waals surface area contributed by atoms with Crippen molar-refractivity contribution in [1.82, 2.24) is 0 Å². The normalized spacial score (nSPS) is 12.2. The van der Waals surface area contributed by atoms with Crippen molar-refractivity contribution in [2.75, 3.05) is 13.9 Å². The number of fused-ring (bicyclic) bond motifs is 1. The molecule has 0 amide bonds. The van der Waals surface area contributed by atoms with Crippen molar-refractivity contribution < 1.29 is 23.7 Å². The van der Waals surface area contributed by atoms with Crippen LogP contribution in [-0.2, 0) is 6.61 Å². The van der Waals surface area contributed by atoms with Crippen molar-refractivity contribution in [2.24, 2.45) is 0 Å². The van der Waals surface area contributed by atoms with Gasteiger partial charge in [0.1, 0.15) is 18.1 Å². The monoisotopic (exact) mass is 436 g/mol. The van der Waals surface area contributed by atoms with Crippen molar-refractivity contribution in [3.8, 4) is 23.0 Å². The molecule has 1 heterocycles. The summed E-state index contributed by atoms with van der Waals surface area (Å²) in [6, 6.07) is 16.4. The highest BCUT2D eigenvalue weighted by molar-refractivity contribution is 6.32. The lowest BCUT2D eigenvalue weighted by molar-refractivity contribution is 0.104. The number of hydrogen-bond acceptors (Lipinski definition) is 5. The number of rotatable bonds is 7. The van der Waals surface area contributed by atoms with Gasteiger partial charge in [0.2, 0.25) is 6.79 Å². The molecule has 31 heavy (non-hydrogen) atoms. The molecule has 158 valence electrons. The van der Waals surface area contributed by atoms with Crippen LogP contribution in [0.25, 0.3) is 6.08 Å². The van der Waals surface area contributed by atoms with Crippen molar-refractivity contribution >= 4 is 23.5 Å². The van der Waals surface area contributed by atoms with Crippen LogP contribution in [0, 0.1) is 6.92 Å². The molecule has 3 aromatic rings. The first-order valence-corrected chi connectivity index (χ1v) is 10.1. The first-order chi connectivity index (χ1) is 15.0. The number of ether oxygens (including phenoxy) is 4. The fraction of sp³-hybridized carbons (Fsp3) is 0.160. The Kier molecular flexibility index (Phi) is 6.14. The third kappa shape index (κ3) is 4.84. The third-order valence-electron chi connectivity index (χ3n) is 4.86. The zero-order chi connectivity index (χ0) is 21.8. The smallest absolute Gasteiger partial charge is 0.231 e. The van der Waals surface area contributed by atoms with Crippen LogP contribution >= 0.6 is 11.6 Å². The van der Waals surface area contributed by atoms with Gasteiger partial charge in [-0.1, -0.05) is 29.8 Å². The van der Waals surface area contributed by atoms with Crippen LogP contribution in [0.5, 0.6) is 23.0 Å². The number of allylic oxidation sites excluding steroid dienone is 1. The van der Waals surface area contributed by atoms with Crippen LogP contribution in [-0.4, -0.2) is 19.7 Å². The van der Waals surface area contributed by atoms with Gasteiger partial charge in [-0.15, -0.1) is 0 Å². The highest BCUT2D eigenvalue weighted by Gasteiger charge is 2.15. The molecule has 0 N–H and O–H groups in total. The molecule has 4 rings (SSSR count). The molecule has 3 aromatic carbocycles. The minimum atomic E-state index is -0.127. The van der Waals surface area contributed by atoms with Crippen molar-refractivity contribution in [2.45, 2.75) is 13.5 Å². The van der Waals surface area contributed by atoms with E-state index in [1.54, 1.807) is 31.4 Å². The van der Waals surface area contributed by atoms with Crippen molar-refractivity contribution in [3.63, 3.8) is 0 Å². The van der Waals surface area contributed by atoms with Crippen LogP contribution in [0.15, 0.2) is 60.7 Å². The fourth-order valence-corrected chi connectivity index (χ4v) is 3.50. The van der Waals surface area contributed by atoms with Crippen molar-refractivity contribution in [1.29, 1.82) is 0 Å². The van der Waals surface area contributed by atoms with E-state index in [0.717, 1.165) is 16.7 Å². The molecule has 0 radical (unpaired) electrons. The van der Waals surface area contributed by atoms with E-state index in [2.05, 4.69) is 0 Å². The molecule has 0 aromatic heterocycles. The molecule has 0 atom stereocenters. The molecule has 0 bridgehead atoms. The lowest BCUT2D eigenvalue weighted by Crippen LogP contribution is -2.00. The summed E-state index contributed by atoms with van der Waals surface area (Å²) >= 11 is 6.26. The lowest BCUT2D eigenvalue weighted by atomic mass is 10.1. The van der Waals surface area contributed by atoms with E-state index < -0.39 is 0 Å². The molecular formula is C25H21ClO5. The number of methoxy groups -OCH3 is 1. The maximum Gasteiger partial charge on any atom is 0.231 e. The number of carbonyl (C=O) groups excluding carboxylic acids is 1. The van der Waals surface area contributed by atoms with Gasteiger partial charge >= 0.3 is 0 Å². The summed E-state index contributed by atoms with van der Waals surface area (Å²) in [5.74, 6) is 2.40.